The quantitative estimate of drug-likeness (QED) is 0.0564. The lowest BCUT2D eigenvalue weighted by Gasteiger charge is -2.46. The van der Waals surface area contributed by atoms with Gasteiger partial charge in [-0.1, -0.05) is 51.8 Å². The molecule has 6 atom stereocenters. The minimum absolute atomic E-state index is 0.0148. The van der Waals surface area contributed by atoms with Crippen LogP contribution >= 0.6 is 39.3 Å². The average Bonchev–Trinajstić information content (AvgIpc) is 3.78. The maximum Gasteiger partial charge on any atom is 0.490 e. The number of ether oxygens (including phenoxy) is 2. The van der Waals surface area contributed by atoms with Crippen LogP contribution in [0.3, 0.4) is 0 Å². The van der Waals surface area contributed by atoms with Gasteiger partial charge in [-0.3, -0.25) is 14.7 Å². The number of nitrogens with two attached hydrogens (primary N) is 1. The summed E-state index contributed by atoms with van der Waals surface area (Å²) >= 11 is 11.6. The number of methoxy groups -OCH3 is 1. The third-order valence-electron chi connectivity index (χ3n) is 10.5. The maximum absolute atomic E-state index is 12.3. The number of hydrazine groups is 1. The van der Waals surface area contributed by atoms with Gasteiger partial charge < -0.3 is 30.5 Å². The number of nitrogens with one attached hydrogen (secondary N) is 1. The fourth-order valence-electron chi connectivity index (χ4n) is 7.48. The number of rotatable bonds is 11. The molecule has 0 spiro atoms. The van der Waals surface area contributed by atoms with E-state index in [0.717, 1.165) is 15.6 Å². The van der Waals surface area contributed by atoms with E-state index in [4.69, 9.17) is 66.5 Å². The summed E-state index contributed by atoms with van der Waals surface area (Å²) in [5.74, 6) is -6.26. The van der Waals surface area contributed by atoms with Crippen molar-refractivity contribution in [3.8, 4) is 11.8 Å². The molecule has 390 valence electrons. The monoisotopic (exact) mass is 1130 g/mol. The molecule has 0 bridgehead atoms. The Bertz CT molecular complexity index is 2480. The molecule has 2 aromatic heterocycles. The lowest BCUT2D eigenvalue weighted by atomic mass is 9.87. The van der Waals surface area contributed by atoms with Crippen molar-refractivity contribution in [1.29, 1.82) is 5.26 Å². The largest absolute Gasteiger partial charge is 0.497 e. The van der Waals surface area contributed by atoms with E-state index in [2.05, 4.69) is 61.3 Å². The van der Waals surface area contributed by atoms with Crippen molar-refractivity contribution in [1.82, 2.24) is 30.2 Å². The number of amides is 1. The Labute approximate surface area is 419 Å². The second-order valence-electron chi connectivity index (χ2n) is 15.3. The second kappa shape index (κ2) is 24.1. The van der Waals surface area contributed by atoms with Gasteiger partial charge in [-0.05, 0) is 67.8 Å². The van der Waals surface area contributed by atoms with Crippen LogP contribution in [-0.4, -0.2) is 126 Å². The number of benzene rings is 2. The van der Waals surface area contributed by atoms with Crippen LogP contribution in [0, 0.1) is 11.3 Å². The molecule has 0 aliphatic carbocycles. The fraction of sp³-hybridized carbons (Fsp3) is 0.381. The Kier molecular flexibility index (Phi) is 19.6. The van der Waals surface area contributed by atoms with Gasteiger partial charge in [0.15, 0.2) is 0 Å². The standard InChI is InChI=1S/C36H37BrClN9O3S.3C2HF3O2/c1-23-15-28(16-31(45(23)19-33(40)48)24-3-7-26(37)8-4-24)44-47(34-12-9-27(38)18-42-34)35(25-5-10-30(49-2)11-6-25)36(50-35,32-13-14-41-21-43-32)46-22-51-20-29(46)17-39;3*3-2(4,5)1(6)7/h3-14,18,21,23,28-29,31,44H,15-16,19-20,22H2,1-2H3,(H2,40,48);3*(H,6,7). The molecule has 3 aliphatic rings. The minimum atomic E-state index is -5.08. The maximum atomic E-state index is 12.3. The SMILES string of the molecule is COc1ccc(C2(N(NC3CC(C)N(CC(N)=O)C(c4ccc(Br)cc4)C3)c3ccc(Cl)cn3)OC2(c2ccncn2)N2CSCC2C#N)cc1.O=C(O)C(F)(F)F.O=C(O)C(F)(F)F.O=C(O)C(F)(F)F. The van der Waals surface area contributed by atoms with Crippen LogP contribution in [0.25, 0.3) is 0 Å². The van der Waals surface area contributed by atoms with Gasteiger partial charge in [0.05, 0.1) is 30.4 Å². The van der Waals surface area contributed by atoms with Crippen molar-refractivity contribution < 1.29 is 83.5 Å². The first-order valence-electron chi connectivity index (χ1n) is 20.3. The third kappa shape index (κ3) is 14.3. The molecule has 3 fully saturated rings. The number of carboxylic acids is 3. The van der Waals surface area contributed by atoms with E-state index >= 15 is 0 Å². The lowest BCUT2D eigenvalue weighted by molar-refractivity contribution is -0.193. The van der Waals surface area contributed by atoms with Crippen molar-refractivity contribution in [2.75, 3.05) is 30.3 Å². The van der Waals surface area contributed by atoms with Gasteiger partial charge in [0.25, 0.3) is 0 Å². The highest BCUT2D eigenvalue weighted by molar-refractivity contribution is 9.10. The summed E-state index contributed by atoms with van der Waals surface area (Å²) in [5, 5.41) is 34.2. The molecule has 0 radical (unpaired) electrons. The Morgan fingerprint density at radius 3 is 1.96 bits per heavy atom. The predicted molar refractivity (Wildman–Crippen MR) is 239 cm³/mol. The van der Waals surface area contributed by atoms with Crippen LogP contribution in [0.1, 0.15) is 42.6 Å². The molecule has 18 nitrogen and oxygen atoms in total. The Hall–Kier alpha value is -6.03. The second-order valence-corrected chi connectivity index (χ2v) is 17.6. The molecule has 30 heteroatoms. The zero-order chi connectivity index (χ0) is 54.0. The Morgan fingerprint density at radius 2 is 1.50 bits per heavy atom. The number of nitrogens with zero attached hydrogens (tertiary/aromatic N) is 7. The van der Waals surface area contributed by atoms with E-state index in [0.29, 0.717) is 46.8 Å². The number of carbonyl (C=O) groups is 4. The number of nitriles is 1. The van der Waals surface area contributed by atoms with E-state index in [1.54, 1.807) is 37.3 Å². The number of primary amides is 1. The summed E-state index contributed by atoms with van der Waals surface area (Å²) in [7, 11) is 1.63. The highest BCUT2D eigenvalue weighted by atomic mass is 79.9. The molecule has 3 aliphatic heterocycles. The van der Waals surface area contributed by atoms with Crippen LogP contribution in [0.2, 0.25) is 5.02 Å². The number of pyridine rings is 1. The van der Waals surface area contributed by atoms with E-state index in [-0.39, 0.29) is 30.6 Å². The molecule has 1 amide bonds. The molecular weight excluding hydrogens is 1090 g/mol. The van der Waals surface area contributed by atoms with Gasteiger partial charge in [-0.15, -0.1) is 11.8 Å². The zero-order valence-corrected chi connectivity index (χ0v) is 40.2. The van der Waals surface area contributed by atoms with E-state index in [1.165, 1.54) is 6.33 Å². The molecule has 6 unspecified atom stereocenters. The molecular formula is C42H40BrClF9N9O9S. The van der Waals surface area contributed by atoms with Gasteiger partial charge in [-0.25, -0.2) is 39.7 Å². The topological polar surface area (TPSA) is 261 Å². The van der Waals surface area contributed by atoms with Gasteiger partial charge in [-0.2, -0.15) is 44.8 Å². The van der Waals surface area contributed by atoms with Crippen LogP contribution in [0.15, 0.2) is 89.9 Å². The number of thioether (sulfide) groups is 1. The number of aliphatic carboxylic acids is 3. The minimum Gasteiger partial charge on any atom is -0.497 e. The number of alkyl halides is 9. The summed E-state index contributed by atoms with van der Waals surface area (Å²) in [6, 6.07) is 23.2. The molecule has 3 saturated heterocycles. The van der Waals surface area contributed by atoms with Crippen molar-refractivity contribution in [3.63, 3.8) is 0 Å². The number of carbonyl (C=O) groups excluding carboxylic acids is 1. The highest BCUT2D eigenvalue weighted by Gasteiger charge is 2.81. The van der Waals surface area contributed by atoms with Crippen molar-refractivity contribution >= 4 is 68.9 Å². The molecule has 2 aromatic carbocycles. The number of hydrogen-bond acceptors (Lipinski definition) is 15. The highest BCUT2D eigenvalue weighted by Crippen LogP contribution is 2.67. The van der Waals surface area contributed by atoms with Crippen LogP contribution in [-0.2, 0) is 35.4 Å². The van der Waals surface area contributed by atoms with Crippen molar-refractivity contribution in [3.05, 3.63) is 112 Å². The number of halogens is 11. The van der Waals surface area contributed by atoms with E-state index < -0.39 is 53.9 Å². The fourth-order valence-corrected chi connectivity index (χ4v) is 9.00. The first-order chi connectivity index (χ1) is 33.5. The smallest absolute Gasteiger partial charge is 0.490 e. The zero-order valence-electron chi connectivity index (χ0n) is 37.0. The number of carboxylic acid groups (broad SMARTS) is 3. The van der Waals surface area contributed by atoms with Gasteiger partial charge in [0.1, 0.15) is 23.9 Å². The van der Waals surface area contributed by atoms with Crippen LogP contribution in [0.4, 0.5) is 45.3 Å². The normalized spacial score (nSPS) is 23.0. The summed E-state index contributed by atoms with van der Waals surface area (Å²) in [4.78, 5) is 57.0. The molecule has 7 rings (SSSR count). The van der Waals surface area contributed by atoms with Crippen molar-refractivity contribution in [2.24, 2.45) is 5.73 Å². The lowest BCUT2D eigenvalue weighted by Crippen LogP contribution is -2.60. The first-order valence-corrected chi connectivity index (χ1v) is 22.6. The van der Waals surface area contributed by atoms with E-state index in [1.807, 2.05) is 53.5 Å². The predicted octanol–water partition coefficient (Wildman–Crippen LogP) is 7.22. The van der Waals surface area contributed by atoms with E-state index in [9.17, 15) is 49.6 Å². The number of hydrogen-bond donors (Lipinski definition) is 5. The Balaban J connectivity index is 0.000000449. The summed E-state index contributed by atoms with van der Waals surface area (Å²) in [5.41, 5.74) is 9.61. The number of aromatic nitrogens is 3. The molecule has 6 N–H and O–H groups in total. The molecule has 72 heavy (non-hydrogen) atoms. The number of epoxide rings is 1. The number of anilines is 1. The van der Waals surface area contributed by atoms with Crippen molar-refractivity contribution in [2.45, 2.75) is 73.9 Å². The average molecular weight is 1130 g/mol. The molecule has 5 heterocycles. The first kappa shape index (κ1) is 58.5. The van der Waals surface area contributed by atoms with Gasteiger partial charge >= 0.3 is 36.4 Å². The number of likely N-dealkylation sites (tertiary alicyclic amines) is 1. The number of piperidine rings is 1. The summed E-state index contributed by atoms with van der Waals surface area (Å²) in [6.07, 6.45) is -9.13. The Morgan fingerprint density at radius 1 is 0.931 bits per heavy atom. The van der Waals surface area contributed by atoms with Gasteiger partial charge in [0, 0.05) is 52.2 Å². The summed E-state index contributed by atoms with van der Waals surface area (Å²) < 4.78 is 109. The van der Waals surface area contributed by atoms with Crippen LogP contribution < -0.4 is 20.9 Å². The van der Waals surface area contributed by atoms with Crippen LogP contribution in [0.5, 0.6) is 5.75 Å². The molecule has 4 aromatic rings. The van der Waals surface area contributed by atoms with Gasteiger partial charge in [0.2, 0.25) is 17.4 Å². The summed E-state index contributed by atoms with van der Waals surface area (Å²) in [6.45, 7) is 2.25. The molecule has 0 saturated carbocycles. The third-order valence-corrected chi connectivity index (χ3v) is 12.3.